The molecule has 0 bridgehead atoms. The summed E-state index contributed by atoms with van der Waals surface area (Å²) in [5.74, 6) is -0.641. The number of hydrazine groups is 1. The van der Waals surface area contributed by atoms with Gasteiger partial charge in [0.15, 0.2) is 0 Å². The van der Waals surface area contributed by atoms with Gasteiger partial charge in [-0.05, 0) is 12.0 Å². The van der Waals surface area contributed by atoms with Gasteiger partial charge in [0.1, 0.15) is 0 Å². The van der Waals surface area contributed by atoms with E-state index in [2.05, 4.69) is 17.8 Å². The first-order valence-corrected chi connectivity index (χ1v) is 7.64. The van der Waals surface area contributed by atoms with Gasteiger partial charge in [0.2, 0.25) is 12.3 Å². The topological polar surface area (TPSA) is 81.7 Å². The van der Waals surface area contributed by atoms with Crippen LogP contribution in [-0.4, -0.2) is 29.1 Å². The van der Waals surface area contributed by atoms with Crippen LogP contribution in [-0.2, 0) is 16.1 Å². The van der Waals surface area contributed by atoms with Crippen LogP contribution in [0.5, 0.6) is 0 Å². The molecule has 6 nitrogen and oxygen atoms in total. The van der Waals surface area contributed by atoms with Crippen LogP contribution in [0.2, 0.25) is 0 Å². The van der Waals surface area contributed by atoms with Crippen LogP contribution in [0.15, 0.2) is 30.3 Å². The Morgan fingerprint density at radius 3 is 2.68 bits per heavy atom. The molecule has 2 amide bonds. The summed E-state index contributed by atoms with van der Waals surface area (Å²) in [4.78, 5) is 22.7. The van der Waals surface area contributed by atoms with Crippen molar-refractivity contribution in [1.29, 1.82) is 0 Å². The number of hydrogen-bond donors (Lipinski definition) is 3. The SMILES string of the molecule is CCCCC[C@H](CN(O)C=O)C(=O)NNCc1ccccc1. The Morgan fingerprint density at radius 2 is 2.05 bits per heavy atom. The zero-order chi connectivity index (χ0) is 16.2. The lowest BCUT2D eigenvalue weighted by molar-refractivity contribution is -0.154. The van der Waals surface area contributed by atoms with Gasteiger partial charge in [-0.3, -0.25) is 20.2 Å². The zero-order valence-corrected chi connectivity index (χ0v) is 13.0. The summed E-state index contributed by atoms with van der Waals surface area (Å²) < 4.78 is 0. The first-order valence-electron chi connectivity index (χ1n) is 7.64. The van der Waals surface area contributed by atoms with Crippen molar-refractivity contribution in [3.63, 3.8) is 0 Å². The monoisotopic (exact) mass is 307 g/mol. The molecule has 0 aliphatic rings. The van der Waals surface area contributed by atoms with Gasteiger partial charge in [-0.25, -0.2) is 10.5 Å². The molecule has 122 valence electrons. The van der Waals surface area contributed by atoms with E-state index >= 15 is 0 Å². The number of unbranched alkanes of at least 4 members (excludes halogenated alkanes) is 2. The average Bonchev–Trinajstić information content (AvgIpc) is 2.54. The highest BCUT2D eigenvalue weighted by Crippen LogP contribution is 2.11. The second-order valence-corrected chi connectivity index (χ2v) is 5.25. The van der Waals surface area contributed by atoms with E-state index in [9.17, 15) is 14.8 Å². The number of carbonyl (C=O) groups is 2. The molecule has 0 aromatic heterocycles. The lowest BCUT2D eigenvalue weighted by Gasteiger charge is -2.19. The summed E-state index contributed by atoms with van der Waals surface area (Å²) in [6.07, 6.45) is 3.92. The summed E-state index contributed by atoms with van der Waals surface area (Å²) in [6, 6.07) is 9.71. The number of nitrogens with one attached hydrogen (secondary N) is 2. The molecule has 0 heterocycles. The molecule has 0 radical (unpaired) electrons. The number of hydrogen-bond acceptors (Lipinski definition) is 4. The van der Waals surface area contributed by atoms with Crippen LogP contribution >= 0.6 is 0 Å². The maximum Gasteiger partial charge on any atom is 0.239 e. The van der Waals surface area contributed by atoms with E-state index in [1.54, 1.807) is 0 Å². The molecule has 0 unspecified atom stereocenters. The van der Waals surface area contributed by atoms with Crippen molar-refractivity contribution in [2.24, 2.45) is 5.92 Å². The number of nitrogens with zero attached hydrogens (tertiary/aromatic N) is 1. The molecular weight excluding hydrogens is 282 g/mol. The van der Waals surface area contributed by atoms with Gasteiger partial charge in [0.05, 0.1) is 12.5 Å². The van der Waals surface area contributed by atoms with Crippen molar-refractivity contribution in [1.82, 2.24) is 15.9 Å². The second kappa shape index (κ2) is 10.8. The van der Waals surface area contributed by atoms with Crippen LogP contribution in [0.4, 0.5) is 0 Å². The highest BCUT2D eigenvalue weighted by atomic mass is 16.5. The van der Waals surface area contributed by atoms with E-state index in [4.69, 9.17) is 0 Å². The van der Waals surface area contributed by atoms with Crippen molar-refractivity contribution in [3.8, 4) is 0 Å². The van der Waals surface area contributed by atoms with Crippen LogP contribution in [0, 0.1) is 5.92 Å². The lowest BCUT2D eigenvalue weighted by atomic mass is 10.0. The number of amides is 2. The Hall–Kier alpha value is -1.92. The van der Waals surface area contributed by atoms with Gasteiger partial charge < -0.3 is 0 Å². The van der Waals surface area contributed by atoms with Crippen LogP contribution in [0.25, 0.3) is 0 Å². The molecule has 3 N–H and O–H groups in total. The first-order chi connectivity index (χ1) is 10.7. The Morgan fingerprint density at radius 1 is 1.32 bits per heavy atom. The minimum atomic E-state index is -0.426. The molecule has 0 aliphatic carbocycles. The minimum Gasteiger partial charge on any atom is -0.291 e. The fourth-order valence-corrected chi connectivity index (χ4v) is 2.15. The second-order valence-electron chi connectivity index (χ2n) is 5.25. The molecule has 22 heavy (non-hydrogen) atoms. The Balaban J connectivity index is 2.42. The van der Waals surface area contributed by atoms with Gasteiger partial charge >= 0.3 is 0 Å². The third kappa shape index (κ3) is 7.19. The predicted octanol–water partition coefficient (Wildman–Crippen LogP) is 1.85. The minimum absolute atomic E-state index is 0.00602. The van der Waals surface area contributed by atoms with Crippen molar-refractivity contribution in [2.45, 2.75) is 39.2 Å². The fourth-order valence-electron chi connectivity index (χ4n) is 2.15. The molecule has 0 saturated heterocycles. The highest BCUT2D eigenvalue weighted by molar-refractivity contribution is 5.78. The third-order valence-electron chi connectivity index (χ3n) is 3.40. The normalized spacial score (nSPS) is 11.7. The fraction of sp³-hybridized carbons (Fsp3) is 0.500. The molecule has 1 aromatic carbocycles. The Labute approximate surface area is 131 Å². The molecule has 6 heteroatoms. The van der Waals surface area contributed by atoms with Crippen molar-refractivity contribution >= 4 is 12.3 Å². The average molecular weight is 307 g/mol. The van der Waals surface area contributed by atoms with E-state index < -0.39 is 5.92 Å². The van der Waals surface area contributed by atoms with E-state index in [0.29, 0.717) is 24.4 Å². The standard InChI is InChI=1S/C16H25N3O3/c1-2-3-5-10-15(12-19(22)13-20)16(21)18-17-11-14-8-6-4-7-9-14/h4,6-9,13,15,17,22H,2-3,5,10-12H2,1H3,(H,18,21)/t15-/m1/s1. The van der Waals surface area contributed by atoms with Gasteiger partial charge in [-0.2, -0.15) is 0 Å². The number of carbonyl (C=O) groups excluding carboxylic acids is 2. The molecule has 0 saturated carbocycles. The number of benzene rings is 1. The first kappa shape index (κ1) is 18.1. The summed E-state index contributed by atoms with van der Waals surface area (Å²) in [5, 5.41) is 9.82. The van der Waals surface area contributed by atoms with Gasteiger partial charge in [0, 0.05) is 6.54 Å². The predicted molar refractivity (Wildman–Crippen MR) is 83.6 cm³/mol. The smallest absolute Gasteiger partial charge is 0.239 e. The van der Waals surface area contributed by atoms with Crippen LogP contribution in [0.3, 0.4) is 0 Å². The van der Waals surface area contributed by atoms with E-state index in [1.807, 2.05) is 30.3 Å². The molecule has 1 rings (SSSR count). The van der Waals surface area contributed by atoms with E-state index in [-0.39, 0.29) is 12.5 Å². The molecule has 0 spiro atoms. The molecule has 1 aromatic rings. The largest absolute Gasteiger partial charge is 0.291 e. The van der Waals surface area contributed by atoms with E-state index in [1.165, 1.54) is 0 Å². The Kier molecular flexibility index (Phi) is 8.86. The summed E-state index contributed by atoms with van der Waals surface area (Å²) in [7, 11) is 0. The lowest BCUT2D eigenvalue weighted by Crippen LogP contribution is -2.44. The number of hydroxylamine groups is 2. The van der Waals surface area contributed by atoms with Crippen LogP contribution in [0.1, 0.15) is 38.2 Å². The quantitative estimate of drug-likeness (QED) is 0.252. The van der Waals surface area contributed by atoms with Crippen molar-refractivity contribution < 1.29 is 14.8 Å². The maximum absolute atomic E-state index is 12.2. The highest BCUT2D eigenvalue weighted by Gasteiger charge is 2.20. The maximum atomic E-state index is 12.2. The number of rotatable bonds is 11. The zero-order valence-electron chi connectivity index (χ0n) is 13.0. The summed E-state index contributed by atoms with van der Waals surface area (Å²) in [5.41, 5.74) is 6.58. The van der Waals surface area contributed by atoms with Gasteiger partial charge in [-0.1, -0.05) is 56.5 Å². The molecular formula is C16H25N3O3. The summed E-state index contributed by atoms with van der Waals surface area (Å²) >= 11 is 0. The van der Waals surface area contributed by atoms with Crippen molar-refractivity contribution in [2.75, 3.05) is 6.54 Å². The van der Waals surface area contributed by atoms with Crippen LogP contribution < -0.4 is 10.9 Å². The summed E-state index contributed by atoms with van der Waals surface area (Å²) in [6.45, 7) is 2.61. The van der Waals surface area contributed by atoms with Gasteiger partial charge in [-0.15, -0.1) is 0 Å². The van der Waals surface area contributed by atoms with E-state index in [0.717, 1.165) is 24.8 Å². The van der Waals surface area contributed by atoms with Gasteiger partial charge in [0.25, 0.3) is 0 Å². The molecule has 0 aliphatic heterocycles. The third-order valence-corrected chi connectivity index (χ3v) is 3.40. The Bertz CT molecular complexity index is 440. The molecule has 0 fully saturated rings. The van der Waals surface area contributed by atoms with Crippen molar-refractivity contribution in [3.05, 3.63) is 35.9 Å². The molecule has 1 atom stereocenters.